The number of aryl methyl sites for hydroxylation is 1. The van der Waals surface area contributed by atoms with Crippen LogP contribution in [-0.4, -0.2) is 0 Å². The molecule has 25 heavy (non-hydrogen) atoms. The van der Waals surface area contributed by atoms with Gasteiger partial charge in [0.2, 0.25) is 0 Å². The zero-order valence-electron chi connectivity index (χ0n) is 14.7. The molecule has 0 heterocycles. The summed E-state index contributed by atoms with van der Waals surface area (Å²) in [6, 6.07) is 17.0. The van der Waals surface area contributed by atoms with Gasteiger partial charge in [-0.25, -0.2) is 0 Å². The van der Waals surface area contributed by atoms with E-state index in [4.69, 9.17) is 11.6 Å². The Morgan fingerprint density at radius 3 is 2.28 bits per heavy atom. The van der Waals surface area contributed by atoms with E-state index in [2.05, 4.69) is 54.8 Å². The van der Waals surface area contributed by atoms with E-state index in [1.165, 1.54) is 36.8 Å². The quantitative estimate of drug-likeness (QED) is 0.421. The van der Waals surface area contributed by atoms with Crippen LogP contribution in [0.1, 0.15) is 54.7 Å². The average Bonchev–Trinajstić information content (AvgIpc) is 2.67. The standard InChI is InChI=1S/C24H25Cl/c1-2-3-4-19-5-7-20(8-6-19)9-10-21-11-13-22(14-12-21)23-15-17-24(25)18-16-23/h2,5-8,15-18,21-22H,1,3-4,11-14H2. The molecule has 128 valence electrons. The molecule has 1 saturated carbocycles. The van der Waals surface area contributed by atoms with Crippen molar-refractivity contribution in [2.45, 2.75) is 44.4 Å². The minimum Gasteiger partial charge on any atom is -0.103 e. The second-order valence-corrected chi connectivity index (χ2v) is 7.33. The lowest BCUT2D eigenvalue weighted by molar-refractivity contribution is 0.384. The van der Waals surface area contributed by atoms with Crippen LogP contribution in [0.5, 0.6) is 0 Å². The topological polar surface area (TPSA) is 0 Å². The van der Waals surface area contributed by atoms with Crippen LogP contribution in [0, 0.1) is 17.8 Å². The van der Waals surface area contributed by atoms with Crippen molar-refractivity contribution < 1.29 is 0 Å². The number of hydrogen-bond acceptors (Lipinski definition) is 0. The van der Waals surface area contributed by atoms with Gasteiger partial charge in [-0.05, 0) is 79.8 Å². The predicted octanol–water partition coefficient (Wildman–Crippen LogP) is 6.78. The molecule has 0 spiro atoms. The molecule has 2 aromatic carbocycles. The molecule has 0 aliphatic heterocycles. The molecule has 0 nitrogen and oxygen atoms in total. The molecule has 0 saturated heterocycles. The molecule has 0 aromatic heterocycles. The Morgan fingerprint density at radius 2 is 1.64 bits per heavy atom. The van der Waals surface area contributed by atoms with Crippen molar-refractivity contribution in [1.82, 2.24) is 0 Å². The Hall–Kier alpha value is -1.97. The molecule has 2 aromatic rings. The summed E-state index contributed by atoms with van der Waals surface area (Å²) in [4.78, 5) is 0. The Balaban J connectivity index is 1.53. The highest BCUT2D eigenvalue weighted by molar-refractivity contribution is 6.30. The summed E-state index contributed by atoms with van der Waals surface area (Å²) < 4.78 is 0. The molecule has 1 aliphatic rings. The zero-order valence-corrected chi connectivity index (χ0v) is 15.4. The number of rotatable bonds is 4. The molecule has 3 rings (SSSR count). The van der Waals surface area contributed by atoms with Crippen molar-refractivity contribution in [1.29, 1.82) is 0 Å². The Bertz CT molecular complexity index is 735. The largest absolute Gasteiger partial charge is 0.103 e. The third-order valence-electron chi connectivity index (χ3n) is 5.08. The minimum atomic E-state index is 0.531. The fourth-order valence-electron chi connectivity index (χ4n) is 3.51. The smallest absolute Gasteiger partial charge is 0.0406 e. The van der Waals surface area contributed by atoms with Crippen LogP contribution in [0.15, 0.2) is 61.2 Å². The molecule has 0 unspecified atom stereocenters. The summed E-state index contributed by atoms with van der Waals surface area (Å²) in [5.74, 6) is 8.06. The Labute approximate surface area is 156 Å². The number of halogens is 1. The van der Waals surface area contributed by atoms with Gasteiger partial charge in [-0.1, -0.05) is 53.8 Å². The van der Waals surface area contributed by atoms with E-state index < -0.39 is 0 Å². The molecule has 1 heteroatoms. The normalized spacial score (nSPS) is 19.7. The Morgan fingerprint density at radius 1 is 0.960 bits per heavy atom. The summed E-state index contributed by atoms with van der Waals surface area (Å²) in [7, 11) is 0. The van der Waals surface area contributed by atoms with Crippen LogP contribution < -0.4 is 0 Å². The van der Waals surface area contributed by atoms with Crippen LogP contribution >= 0.6 is 11.6 Å². The second kappa shape index (κ2) is 8.93. The highest BCUT2D eigenvalue weighted by Crippen LogP contribution is 2.35. The summed E-state index contributed by atoms with van der Waals surface area (Å²) in [6.07, 6.45) is 8.89. The van der Waals surface area contributed by atoms with E-state index in [1.807, 2.05) is 18.2 Å². The van der Waals surface area contributed by atoms with Crippen molar-refractivity contribution in [3.8, 4) is 11.8 Å². The third-order valence-corrected chi connectivity index (χ3v) is 5.33. The van der Waals surface area contributed by atoms with Gasteiger partial charge in [0.05, 0.1) is 0 Å². The third kappa shape index (κ3) is 5.25. The van der Waals surface area contributed by atoms with Gasteiger partial charge < -0.3 is 0 Å². The lowest BCUT2D eigenvalue weighted by Crippen LogP contribution is -2.12. The van der Waals surface area contributed by atoms with Crippen LogP contribution in [0.3, 0.4) is 0 Å². The van der Waals surface area contributed by atoms with E-state index in [0.717, 1.165) is 23.4 Å². The molecule has 1 fully saturated rings. The van der Waals surface area contributed by atoms with Crippen molar-refractivity contribution in [2.24, 2.45) is 5.92 Å². The SMILES string of the molecule is C=CCCc1ccc(C#CC2CCC(c3ccc(Cl)cc3)CC2)cc1. The second-order valence-electron chi connectivity index (χ2n) is 6.89. The first kappa shape index (κ1) is 17.8. The fraction of sp³-hybridized carbons (Fsp3) is 0.333. The van der Waals surface area contributed by atoms with Gasteiger partial charge in [-0.3, -0.25) is 0 Å². The highest BCUT2D eigenvalue weighted by Gasteiger charge is 2.21. The first-order valence-corrected chi connectivity index (χ1v) is 9.59. The van der Waals surface area contributed by atoms with Gasteiger partial charge >= 0.3 is 0 Å². The molecule has 0 atom stereocenters. The highest BCUT2D eigenvalue weighted by atomic mass is 35.5. The van der Waals surface area contributed by atoms with Gasteiger partial charge in [0.15, 0.2) is 0 Å². The average molecular weight is 349 g/mol. The lowest BCUT2D eigenvalue weighted by atomic mass is 9.79. The van der Waals surface area contributed by atoms with Crippen molar-refractivity contribution in [3.63, 3.8) is 0 Å². The van der Waals surface area contributed by atoms with Gasteiger partial charge in [0.25, 0.3) is 0 Å². The molecule has 0 amide bonds. The molecule has 0 bridgehead atoms. The van der Waals surface area contributed by atoms with E-state index in [9.17, 15) is 0 Å². The first-order valence-electron chi connectivity index (χ1n) is 9.21. The van der Waals surface area contributed by atoms with Gasteiger partial charge in [-0.2, -0.15) is 0 Å². The van der Waals surface area contributed by atoms with E-state index in [0.29, 0.717) is 11.8 Å². The van der Waals surface area contributed by atoms with Crippen LogP contribution in [0.25, 0.3) is 0 Å². The van der Waals surface area contributed by atoms with Crippen molar-refractivity contribution in [3.05, 3.63) is 82.9 Å². The summed E-state index contributed by atoms with van der Waals surface area (Å²) >= 11 is 5.99. The monoisotopic (exact) mass is 348 g/mol. The van der Waals surface area contributed by atoms with Gasteiger partial charge in [0, 0.05) is 16.5 Å². The van der Waals surface area contributed by atoms with Crippen molar-refractivity contribution in [2.75, 3.05) is 0 Å². The molecule has 0 N–H and O–H groups in total. The maximum absolute atomic E-state index is 5.99. The van der Waals surface area contributed by atoms with Crippen LogP contribution in [0.4, 0.5) is 0 Å². The number of allylic oxidation sites excluding steroid dienone is 1. The lowest BCUT2D eigenvalue weighted by Gasteiger charge is -2.26. The van der Waals surface area contributed by atoms with Crippen molar-refractivity contribution >= 4 is 11.6 Å². The minimum absolute atomic E-state index is 0.531. The number of hydrogen-bond donors (Lipinski definition) is 0. The van der Waals surface area contributed by atoms with Gasteiger partial charge in [0.1, 0.15) is 0 Å². The van der Waals surface area contributed by atoms with Crippen LogP contribution in [-0.2, 0) is 6.42 Å². The van der Waals surface area contributed by atoms with Gasteiger partial charge in [-0.15, -0.1) is 6.58 Å². The molecular formula is C24H25Cl. The fourth-order valence-corrected chi connectivity index (χ4v) is 3.64. The summed E-state index contributed by atoms with van der Waals surface area (Å²) in [6.45, 7) is 3.77. The van der Waals surface area contributed by atoms with E-state index in [-0.39, 0.29) is 0 Å². The predicted molar refractivity (Wildman–Crippen MR) is 108 cm³/mol. The number of benzene rings is 2. The molecular weight excluding hydrogens is 324 g/mol. The maximum atomic E-state index is 5.99. The molecule has 0 radical (unpaired) electrons. The summed E-state index contributed by atoms with van der Waals surface area (Å²) in [5.41, 5.74) is 3.90. The molecule has 1 aliphatic carbocycles. The zero-order chi connectivity index (χ0) is 17.5. The van der Waals surface area contributed by atoms with Crippen LogP contribution in [0.2, 0.25) is 5.02 Å². The first-order chi connectivity index (χ1) is 12.2. The summed E-state index contributed by atoms with van der Waals surface area (Å²) in [5, 5.41) is 0.818. The maximum Gasteiger partial charge on any atom is 0.0406 e. The Kier molecular flexibility index (Phi) is 6.37. The van der Waals surface area contributed by atoms with E-state index in [1.54, 1.807) is 0 Å². The van der Waals surface area contributed by atoms with E-state index >= 15 is 0 Å².